The smallest absolute Gasteiger partial charge is 0.411 e. The van der Waals surface area contributed by atoms with Gasteiger partial charge in [-0.05, 0) is 48.9 Å². The highest BCUT2D eigenvalue weighted by Crippen LogP contribution is 2.43. The third-order valence-corrected chi connectivity index (χ3v) is 7.78. The van der Waals surface area contributed by atoms with E-state index in [-0.39, 0.29) is 12.3 Å². The standard InChI is InChI=1S/C27H20ClFN4O4S/c1-13-7-17(23-20(8-13)31-22(36-2)11-30-23)26-32-21-10-19(29)24-18(25(21)38-26)9-16(37-24)12-33(27(34)35)15-5-3-14(28)4-6-15/h3-8,10-11,16H,9,12H2,1-2H3,(H,34,35). The van der Waals surface area contributed by atoms with Crippen LogP contribution in [0.4, 0.5) is 14.9 Å². The fraction of sp³-hybridized carbons (Fsp3) is 0.185. The van der Waals surface area contributed by atoms with Crippen LogP contribution in [0.1, 0.15) is 11.1 Å². The van der Waals surface area contributed by atoms with Crippen LogP contribution in [0.2, 0.25) is 5.02 Å². The summed E-state index contributed by atoms with van der Waals surface area (Å²) >= 11 is 7.37. The number of carboxylic acid groups (broad SMARTS) is 1. The van der Waals surface area contributed by atoms with Crippen molar-refractivity contribution < 1.29 is 23.8 Å². The number of nitrogens with zero attached hydrogens (tertiary/aromatic N) is 4. The zero-order valence-corrected chi connectivity index (χ0v) is 21.8. The molecule has 3 aromatic carbocycles. The first-order valence-corrected chi connectivity index (χ1v) is 12.9. The lowest BCUT2D eigenvalue weighted by molar-refractivity contribution is 0.190. The van der Waals surface area contributed by atoms with Crippen LogP contribution in [0, 0.1) is 12.7 Å². The number of methoxy groups -OCH3 is 1. The largest absolute Gasteiger partial charge is 0.485 e. The van der Waals surface area contributed by atoms with Crippen LogP contribution in [0.25, 0.3) is 31.8 Å². The number of fused-ring (bicyclic) bond motifs is 4. The summed E-state index contributed by atoms with van der Waals surface area (Å²) in [6.07, 6.45) is 0.190. The Bertz CT molecular complexity index is 1730. The summed E-state index contributed by atoms with van der Waals surface area (Å²) in [7, 11) is 1.54. The van der Waals surface area contributed by atoms with Crippen LogP contribution in [-0.4, -0.2) is 45.9 Å². The van der Waals surface area contributed by atoms with Gasteiger partial charge >= 0.3 is 6.09 Å². The van der Waals surface area contributed by atoms with E-state index in [0.29, 0.717) is 50.1 Å². The Kier molecular flexibility index (Phi) is 6.00. The van der Waals surface area contributed by atoms with Gasteiger partial charge in [0.05, 0.1) is 41.1 Å². The minimum atomic E-state index is -1.14. The number of aromatic nitrogens is 3. The molecule has 3 heterocycles. The first kappa shape index (κ1) is 24.3. The van der Waals surface area contributed by atoms with E-state index in [2.05, 4.69) is 9.97 Å². The van der Waals surface area contributed by atoms with Crippen molar-refractivity contribution in [2.45, 2.75) is 19.4 Å². The minimum absolute atomic E-state index is 0.0260. The van der Waals surface area contributed by atoms with Gasteiger partial charge < -0.3 is 14.6 Å². The van der Waals surface area contributed by atoms with Crippen molar-refractivity contribution in [1.29, 1.82) is 0 Å². The van der Waals surface area contributed by atoms with Crippen LogP contribution >= 0.6 is 22.9 Å². The molecule has 1 aliphatic rings. The average Bonchev–Trinajstić information content (AvgIpc) is 3.51. The summed E-state index contributed by atoms with van der Waals surface area (Å²) in [5.74, 6) is 0.0204. The van der Waals surface area contributed by atoms with Crippen molar-refractivity contribution in [2.75, 3.05) is 18.6 Å². The molecule has 0 fully saturated rings. The number of halogens is 2. The number of aryl methyl sites for hydroxylation is 1. The van der Waals surface area contributed by atoms with Crippen molar-refractivity contribution >= 4 is 56.0 Å². The van der Waals surface area contributed by atoms with Crippen molar-refractivity contribution in [2.24, 2.45) is 0 Å². The highest BCUT2D eigenvalue weighted by Gasteiger charge is 2.32. The Morgan fingerprint density at radius 2 is 2.03 bits per heavy atom. The topological polar surface area (TPSA) is 97.7 Å². The number of anilines is 1. The molecule has 0 aliphatic carbocycles. The Morgan fingerprint density at radius 1 is 1.24 bits per heavy atom. The second-order valence-corrected chi connectivity index (χ2v) is 10.4. The molecule has 8 nitrogen and oxygen atoms in total. The highest BCUT2D eigenvalue weighted by atomic mass is 35.5. The van der Waals surface area contributed by atoms with E-state index in [1.54, 1.807) is 30.5 Å². The third-order valence-electron chi connectivity index (χ3n) is 6.36. The van der Waals surface area contributed by atoms with E-state index in [4.69, 9.17) is 26.1 Å². The predicted molar refractivity (Wildman–Crippen MR) is 144 cm³/mol. The number of benzene rings is 3. The number of hydrogen-bond donors (Lipinski definition) is 1. The van der Waals surface area contributed by atoms with E-state index in [0.717, 1.165) is 15.8 Å². The first-order valence-electron chi connectivity index (χ1n) is 11.7. The lowest BCUT2D eigenvalue weighted by atomic mass is 10.1. The zero-order valence-electron chi connectivity index (χ0n) is 20.2. The van der Waals surface area contributed by atoms with Gasteiger partial charge in [0.2, 0.25) is 5.88 Å². The molecule has 1 aliphatic heterocycles. The molecule has 1 atom stereocenters. The molecule has 192 valence electrons. The molecule has 6 rings (SSSR count). The second kappa shape index (κ2) is 9.38. The number of rotatable bonds is 5. The summed E-state index contributed by atoms with van der Waals surface area (Å²) in [5.41, 5.74) is 4.76. The van der Waals surface area contributed by atoms with Gasteiger partial charge in [0.1, 0.15) is 11.1 Å². The number of amides is 1. The Balaban J connectivity index is 1.37. The fourth-order valence-electron chi connectivity index (χ4n) is 4.67. The molecule has 0 bridgehead atoms. The van der Waals surface area contributed by atoms with Gasteiger partial charge in [-0.25, -0.2) is 24.1 Å². The molecule has 0 saturated heterocycles. The molecule has 11 heteroatoms. The van der Waals surface area contributed by atoms with E-state index in [9.17, 15) is 9.90 Å². The molecular weight excluding hydrogens is 531 g/mol. The monoisotopic (exact) mass is 550 g/mol. The fourth-order valence-corrected chi connectivity index (χ4v) is 5.91. The summed E-state index contributed by atoms with van der Waals surface area (Å²) in [6.45, 7) is 1.99. The Hall–Kier alpha value is -4.02. The molecule has 5 aromatic rings. The molecule has 0 spiro atoms. The number of hydrogen-bond acceptors (Lipinski definition) is 7. The molecule has 1 amide bonds. The molecular formula is C27H20ClFN4O4S. The zero-order chi connectivity index (χ0) is 26.6. The van der Waals surface area contributed by atoms with Crippen LogP contribution in [-0.2, 0) is 6.42 Å². The van der Waals surface area contributed by atoms with E-state index < -0.39 is 18.0 Å². The summed E-state index contributed by atoms with van der Waals surface area (Å²) in [4.78, 5) is 26.9. The predicted octanol–water partition coefficient (Wildman–Crippen LogP) is 6.50. The van der Waals surface area contributed by atoms with Gasteiger partial charge in [-0.2, -0.15) is 0 Å². The van der Waals surface area contributed by atoms with Gasteiger partial charge in [-0.3, -0.25) is 4.90 Å². The van der Waals surface area contributed by atoms with Gasteiger partial charge in [0.25, 0.3) is 0 Å². The summed E-state index contributed by atoms with van der Waals surface area (Å²) in [6, 6.07) is 11.7. The number of ether oxygens (including phenoxy) is 2. The second-order valence-electron chi connectivity index (χ2n) is 8.94. The maximum absolute atomic E-state index is 15.1. The van der Waals surface area contributed by atoms with Gasteiger partial charge in [-0.15, -0.1) is 11.3 Å². The lowest BCUT2D eigenvalue weighted by Crippen LogP contribution is -2.38. The van der Waals surface area contributed by atoms with E-state index >= 15 is 4.39 Å². The van der Waals surface area contributed by atoms with Crippen LogP contribution < -0.4 is 14.4 Å². The highest BCUT2D eigenvalue weighted by molar-refractivity contribution is 7.22. The van der Waals surface area contributed by atoms with Gasteiger partial charge in [0, 0.05) is 34.3 Å². The Morgan fingerprint density at radius 3 is 2.76 bits per heavy atom. The molecule has 0 saturated carbocycles. The maximum Gasteiger partial charge on any atom is 0.411 e. The first-order chi connectivity index (χ1) is 18.3. The van der Waals surface area contributed by atoms with E-state index in [1.165, 1.54) is 29.4 Å². The number of carbonyl (C=O) groups is 1. The molecule has 0 radical (unpaired) electrons. The quantitative estimate of drug-likeness (QED) is 0.266. The summed E-state index contributed by atoms with van der Waals surface area (Å²) in [5, 5.41) is 11.0. The maximum atomic E-state index is 15.1. The van der Waals surface area contributed by atoms with Crippen molar-refractivity contribution in [3.05, 3.63) is 70.6 Å². The SMILES string of the molecule is COc1cnc2c(-c3nc4cc(F)c5c(c4s3)CC(CN(C(=O)O)c3ccc(Cl)cc3)O5)cc(C)cc2n1. The van der Waals surface area contributed by atoms with Crippen molar-refractivity contribution in [1.82, 2.24) is 15.0 Å². The lowest BCUT2D eigenvalue weighted by Gasteiger charge is -2.22. The van der Waals surface area contributed by atoms with Crippen LogP contribution in [0.3, 0.4) is 0 Å². The average molecular weight is 551 g/mol. The molecule has 38 heavy (non-hydrogen) atoms. The van der Waals surface area contributed by atoms with Gasteiger partial charge in [-0.1, -0.05) is 11.6 Å². The molecule has 1 N–H and O–H groups in total. The molecule has 1 unspecified atom stereocenters. The minimum Gasteiger partial charge on any atom is -0.485 e. The molecule has 2 aromatic heterocycles. The van der Waals surface area contributed by atoms with Crippen LogP contribution in [0.15, 0.2) is 48.7 Å². The van der Waals surface area contributed by atoms with Crippen LogP contribution in [0.5, 0.6) is 11.6 Å². The van der Waals surface area contributed by atoms with Gasteiger partial charge in [0.15, 0.2) is 11.6 Å². The van der Waals surface area contributed by atoms with E-state index in [1.807, 2.05) is 19.1 Å². The van der Waals surface area contributed by atoms with Crippen molar-refractivity contribution in [3.8, 4) is 22.2 Å². The third kappa shape index (κ3) is 4.25. The number of thiazole rings is 1. The Labute approximate surface area is 225 Å². The normalized spacial score (nSPS) is 14.5. The summed E-state index contributed by atoms with van der Waals surface area (Å²) < 4.78 is 27.1. The van der Waals surface area contributed by atoms with Crippen molar-refractivity contribution in [3.63, 3.8) is 0 Å².